The Morgan fingerprint density at radius 3 is 2.48 bits per heavy atom. The van der Waals surface area contributed by atoms with E-state index in [0.717, 1.165) is 23.8 Å². The number of benzene rings is 2. The molecule has 0 saturated heterocycles. The van der Waals surface area contributed by atoms with Crippen LogP contribution in [-0.4, -0.2) is 20.1 Å². The van der Waals surface area contributed by atoms with Gasteiger partial charge in [-0.15, -0.1) is 24.0 Å². The second-order valence-electron chi connectivity index (χ2n) is 5.06. The minimum absolute atomic E-state index is 0. The molecule has 0 bridgehead atoms. The summed E-state index contributed by atoms with van der Waals surface area (Å²) in [7, 11) is 3.45. The maximum absolute atomic E-state index is 5.23. The van der Waals surface area contributed by atoms with Gasteiger partial charge in [0, 0.05) is 20.1 Å². The van der Waals surface area contributed by atoms with Gasteiger partial charge < -0.3 is 15.4 Å². The van der Waals surface area contributed by atoms with Crippen molar-refractivity contribution in [1.29, 1.82) is 0 Å². The van der Waals surface area contributed by atoms with E-state index in [1.807, 2.05) is 18.2 Å². The Balaban J connectivity index is 0.00000264. The van der Waals surface area contributed by atoms with Gasteiger partial charge in [-0.2, -0.15) is 0 Å². The van der Waals surface area contributed by atoms with Crippen molar-refractivity contribution in [2.75, 3.05) is 14.2 Å². The maximum Gasteiger partial charge on any atom is 0.191 e. The quantitative estimate of drug-likeness (QED) is 0.438. The smallest absolute Gasteiger partial charge is 0.191 e. The first-order valence-electron chi connectivity index (χ1n) is 7.35. The first-order chi connectivity index (χ1) is 10.7. The summed E-state index contributed by atoms with van der Waals surface area (Å²) in [6.07, 6.45) is 0. The van der Waals surface area contributed by atoms with E-state index in [2.05, 4.69) is 52.9 Å². The Hall–Kier alpha value is -1.76. The van der Waals surface area contributed by atoms with Gasteiger partial charge >= 0.3 is 0 Å². The van der Waals surface area contributed by atoms with Crippen molar-refractivity contribution in [1.82, 2.24) is 10.6 Å². The van der Waals surface area contributed by atoms with Crippen molar-refractivity contribution in [3.05, 3.63) is 65.2 Å². The molecule has 0 fully saturated rings. The van der Waals surface area contributed by atoms with Gasteiger partial charge in [0.1, 0.15) is 5.75 Å². The van der Waals surface area contributed by atoms with Crippen molar-refractivity contribution in [3.8, 4) is 5.75 Å². The Labute approximate surface area is 155 Å². The molecule has 2 aromatic rings. The lowest BCUT2D eigenvalue weighted by Crippen LogP contribution is -2.36. The Morgan fingerprint density at radius 2 is 1.78 bits per heavy atom. The number of hydrogen-bond acceptors (Lipinski definition) is 2. The molecule has 0 spiro atoms. The standard InChI is InChI=1S/C18H23N3O.HI/c1-14-7-4-5-9-16(14)13-21-18(19-2)20-12-15-8-6-10-17(11-15)22-3;/h4-11H,12-13H2,1-3H3,(H2,19,20,21);1H. The molecule has 0 saturated carbocycles. The monoisotopic (exact) mass is 425 g/mol. The zero-order valence-corrected chi connectivity index (χ0v) is 16.1. The number of halogens is 1. The van der Waals surface area contributed by atoms with E-state index in [4.69, 9.17) is 4.74 Å². The van der Waals surface area contributed by atoms with Crippen LogP contribution in [0.5, 0.6) is 5.75 Å². The van der Waals surface area contributed by atoms with Gasteiger partial charge in [0.15, 0.2) is 5.96 Å². The molecule has 0 unspecified atom stereocenters. The lowest BCUT2D eigenvalue weighted by molar-refractivity contribution is 0.414. The van der Waals surface area contributed by atoms with Gasteiger partial charge in [-0.25, -0.2) is 0 Å². The summed E-state index contributed by atoms with van der Waals surface area (Å²) in [6, 6.07) is 16.3. The lowest BCUT2D eigenvalue weighted by atomic mass is 10.1. The van der Waals surface area contributed by atoms with Crippen LogP contribution in [0.15, 0.2) is 53.5 Å². The molecular formula is C18H24IN3O. The first-order valence-corrected chi connectivity index (χ1v) is 7.35. The van der Waals surface area contributed by atoms with E-state index in [1.165, 1.54) is 11.1 Å². The predicted octanol–water partition coefficient (Wildman–Crippen LogP) is 3.49. The van der Waals surface area contributed by atoms with Crippen LogP contribution >= 0.6 is 24.0 Å². The van der Waals surface area contributed by atoms with Gasteiger partial charge in [-0.05, 0) is 35.7 Å². The largest absolute Gasteiger partial charge is 0.497 e. The van der Waals surface area contributed by atoms with Crippen LogP contribution in [0, 0.1) is 6.92 Å². The van der Waals surface area contributed by atoms with Crippen LogP contribution in [0.3, 0.4) is 0 Å². The van der Waals surface area contributed by atoms with Gasteiger partial charge in [-0.3, -0.25) is 4.99 Å². The number of rotatable bonds is 5. The fourth-order valence-electron chi connectivity index (χ4n) is 2.18. The van der Waals surface area contributed by atoms with E-state index in [0.29, 0.717) is 6.54 Å². The molecule has 0 atom stereocenters. The second-order valence-corrected chi connectivity index (χ2v) is 5.06. The van der Waals surface area contributed by atoms with Crippen LogP contribution < -0.4 is 15.4 Å². The highest BCUT2D eigenvalue weighted by Crippen LogP contribution is 2.12. The highest BCUT2D eigenvalue weighted by atomic mass is 127. The highest BCUT2D eigenvalue weighted by molar-refractivity contribution is 14.0. The second kappa shape index (κ2) is 10.1. The summed E-state index contributed by atoms with van der Waals surface area (Å²) in [5.41, 5.74) is 3.70. The van der Waals surface area contributed by atoms with Crippen molar-refractivity contribution < 1.29 is 4.74 Å². The Morgan fingerprint density at radius 1 is 1.04 bits per heavy atom. The van der Waals surface area contributed by atoms with Crippen LogP contribution in [0.4, 0.5) is 0 Å². The molecule has 0 aliphatic heterocycles. The molecule has 0 aliphatic rings. The summed E-state index contributed by atoms with van der Waals surface area (Å²) in [4.78, 5) is 4.25. The zero-order valence-electron chi connectivity index (χ0n) is 13.8. The molecule has 2 N–H and O–H groups in total. The fourth-order valence-corrected chi connectivity index (χ4v) is 2.18. The topological polar surface area (TPSA) is 45.7 Å². The summed E-state index contributed by atoms with van der Waals surface area (Å²) < 4.78 is 5.23. The van der Waals surface area contributed by atoms with Crippen molar-refractivity contribution in [3.63, 3.8) is 0 Å². The average Bonchev–Trinajstić information content (AvgIpc) is 2.56. The van der Waals surface area contributed by atoms with Crippen LogP contribution in [-0.2, 0) is 13.1 Å². The minimum atomic E-state index is 0. The number of guanidine groups is 1. The SMILES string of the molecule is CN=C(NCc1cccc(OC)c1)NCc1ccccc1C.I. The van der Waals surface area contributed by atoms with E-state index in [1.54, 1.807) is 14.2 Å². The van der Waals surface area contributed by atoms with E-state index in [9.17, 15) is 0 Å². The normalized spacial score (nSPS) is 10.7. The molecule has 0 amide bonds. The fraction of sp³-hybridized carbons (Fsp3) is 0.278. The maximum atomic E-state index is 5.23. The van der Waals surface area contributed by atoms with Crippen molar-refractivity contribution in [2.45, 2.75) is 20.0 Å². The summed E-state index contributed by atoms with van der Waals surface area (Å²) in [6.45, 7) is 3.57. The number of aliphatic imine (C=N–C) groups is 1. The van der Waals surface area contributed by atoms with Crippen molar-refractivity contribution >= 4 is 29.9 Å². The average molecular weight is 425 g/mol. The molecule has 0 aliphatic carbocycles. The number of nitrogens with one attached hydrogen (secondary N) is 2. The van der Waals surface area contributed by atoms with Crippen molar-refractivity contribution in [2.24, 2.45) is 4.99 Å². The molecule has 0 aromatic heterocycles. The van der Waals surface area contributed by atoms with Gasteiger partial charge in [-0.1, -0.05) is 36.4 Å². The third kappa shape index (κ3) is 6.09. The molecule has 0 heterocycles. The summed E-state index contributed by atoms with van der Waals surface area (Å²) in [5, 5.41) is 6.64. The number of hydrogen-bond donors (Lipinski definition) is 2. The number of methoxy groups -OCH3 is 1. The first kappa shape index (κ1) is 19.3. The number of ether oxygens (including phenoxy) is 1. The van der Waals surface area contributed by atoms with Gasteiger partial charge in [0.2, 0.25) is 0 Å². The van der Waals surface area contributed by atoms with Gasteiger partial charge in [0.05, 0.1) is 7.11 Å². The molecule has 124 valence electrons. The third-order valence-electron chi connectivity index (χ3n) is 3.53. The summed E-state index contributed by atoms with van der Waals surface area (Å²) >= 11 is 0. The van der Waals surface area contributed by atoms with E-state index < -0.39 is 0 Å². The Kier molecular flexibility index (Phi) is 8.47. The van der Waals surface area contributed by atoms with Crippen LogP contribution in [0.2, 0.25) is 0 Å². The van der Waals surface area contributed by atoms with Crippen LogP contribution in [0.1, 0.15) is 16.7 Å². The van der Waals surface area contributed by atoms with Crippen LogP contribution in [0.25, 0.3) is 0 Å². The number of aryl methyl sites for hydroxylation is 1. The minimum Gasteiger partial charge on any atom is -0.497 e. The molecule has 5 heteroatoms. The third-order valence-corrected chi connectivity index (χ3v) is 3.53. The molecule has 4 nitrogen and oxygen atoms in total. The zero-order chi connectivity index (χ0) is 15.8. The molecule has 23 heavy (non-hydrogen) atoms. The molecule has 2 rings (SSSR count). The molecule has 0 radical (unpaired) electrons. The Bertz CT molecular complexity index is 644. The molecule has 2 aromatic carbocycles. The predicted molar refractivity (Wildman–Crippen MR) is 107 cm³/mol. The summed E-state index contributed by atoms with van der Waals surface area (Å²) in [5.74, 6) is 1.65. The van der Waals surface area contributed by atoms with E-state index in [-0.39, 0.29) is 24.0 Å². The molecular weight excluding hydrogens is 401 g/mol. The van der Waals surface area contributed by atoms with E-state index >= 15 is 0 Å². The number of nitrogens with zero attached hydrogens (tertiary/aromatic N) is 1. The lowest BCUT2D eigenvalue weighted by Gasteiger charge is -2.13. The highest BCUT2D eigenvalue weighted by Gasteiger charge is 2.01. The van der Waals surface area contributed by atoms with Gasteiger partial charge in [0.25, 0.3) is 0 Å².